The van der Waals surface area contributed by atoms with Gasteiger partial charge in [-0.05, 0) is 19.3 Å². The van der Waals surface area contributed by atoms with E-state index in [2.05, 4.69) is 4.90 Å². The number of carbonyl (C=O) groups is 1. The number of amides is 2. The monoisotopic (exact) mass is 331 g/mol. The number of likely N-dealkylation sites (tertiary alicyclic amines) is 1. The maximum atomic E-state index is 12.4. The lowest BCUT2D eigenvalue weighted by Crippen LogP contribution is -2.57. The van der Waals surface area contributed by atoms with Crippen LogP contribution >= 0.6 is 0 Å². The largest absolute Gasteiger partial charge is 0.324 e. The van der Waals surface area contributed by atoms with Gasteiger partial charge in [0.2, 0.25) is 0 Å². The summed E-state index contributed by atoms with van der Waals surface area (Å²) in [6, 6.07) is 0.736. The number of hydrogen-bond donors (Lipinski definition) is 1. The highest BCUT2D eigenvalue weighted by Crippen LogP contribution is 2.26. The fraction of sp³-hybridized carbons (Fsp3) is 0.929. The Morgan fingerprint density at radius 3 is 2.32 bits per heavy atom. The Morgan fingerprint density at radius 2 is 1.73 bits per heavy atom. The first-order chi connectivity index (χ1) is 10.4. The molecule has 3 aliphatic rings. The molecule has 22 heavy (non-hydrogen) atoms. The molecule has 2 heterocycles. The molecule has 0 radical (unpaired) electrons. The van der Waals surface area contributed by atoms with Crippen LogP contribution in [0, 0.1) is 5.92 Å². The number of urea groups is 1. The third-order valence-corrected chi connectivity index (χ3v) is 5.96. The van der Waals surface area contributed by atoms with Gasteiger partial charge >= 0.3 is 6.03 Å². The van der Waals surface area contributed by atoms with E-state index in [0.29, 0.717) is 13.1 Å². The Kier molecular flexibility index (Phi) is 4.61. The predicted octanol–water partition coefficient (Wildman–Crippen LogP) is 0.486. The molecule has 126 valence electrons. The van der Waals surface area contributed by atoms with Crippen LogP contribution < -0.4 is 0 Å². The van der Waals surface area contributed by atoms with E-state index in [1.807, 2.05) is 4.90 Å². The molecule has 3 rings (SSSR count). The van der Waals surface area contributed by atoms with Crippen molar-refractivity contribution in [1.29, 1.82) is 0 Å². The van der Waals surface area contributed by atoms with Gasteiger partial charge in [0.15, 0.2) is 0 Å². The van der Waals surface area contributed by atoms with E-state index < -0.39 is 10.1 Å². The summed E-state index contributed by atoms with van der Waals surface area (Å²) in [6.45, 7) is 4.41. The first-order valence-corrected chi connectivity index (χ1v) is 9.76. The van der Waals surface area contributed by atoms with E-state index in [-0.39, 0.29) is 17.7 Å². The summed E-state index contributed by atoms with van der Waals surface area (Å²) in [5.74, 6) is -0.371. The van der Waals surface area contributed by atoms with Crippen LogP contribution in [0.1, 0.15) is 25.7 Å². The standard InChI is InChI=1S/C14H25N3O4S/c18-14(17-9-12(10-17)11-22(19,20)21)16-6-2-5-15(7-8-16)13-3-1-4-13/h12-13H,1-11H2,(H,19,20,21). The first-order valence-electron chi connectivity index (χ1n) is 8.15. The minimum Gasteiger partial charge on any atom is -0.324 e. The molecule has 1 N–H and O–H groups in total. The Balaban J connectivity index is 1.45. The highest BCUT2D eigenvalue weighted by molar-refractivity contribution is 7.85. The average molecular weight is 331 g/mol. The van der Waals surface area contributed by atoms with Crippen LogP contribution in [0.3, 0.4) is 0 Å². The molecule has 0 aromatic carbocycles. The first kappa shape index (κ1) is 16.0. The van der Waals surface area contributed by atoms with Crippen molar-refractivity contribution < 1.29 is 17.8 Å². The molecule has 1 saturated carbocycles. The lowest BCUT2D eigenvalue weighted by atomic mass is 9.91. The maximum absolute atomic E-state index is 12.4. The number of rotatable bonds is 3. The normalized spacial score (nSPS) is 25.5. The number of nitrogens with zero attached hydrogens (tertiary/aromatic N) is 3. The Labute approximate surface area is 132 Å². The highest BCUT2D eigenvalue weighted by Gasteiger charge is 2.36. The molecule has 8 heteroatoms. The molecular formula is C14H25N3O4S. The van der Waals surface area contributed by atoms with Crippen molar-refractivity contribution in [3.05, 3.63) is 0 Å². The van der Waals surface area contributed by atoms with Crippen molar-refractivity contribution in [2.24, 2.45) is 5.92 Å². The van der Waals surface area contributed by atoms with Gasteiger partial charge in [0.25, 0.3) is 10.1 Å². The molecule has 7 nitrogen and oxygen atoms in total. The summed E-state index contributed by atoms with van der Waals surface area (Å²) in [4.78, 5) is 18.5. The van der Waals surface area contributed by atoms with Crippen molar-refractivity contribution >= 4 is 16.1 Å². The van der Waals surface area contributed by atoms with Gasteiger partial charge in [0.05, 0.1) is 5.75 Å². The fourth-order valence-corrected chi connectivity index (χ4v) is 4.38. The molecule has 0 spiro atoms. The summed E-state index contributed by atoms with van der Waals surface area (Å²) < 4.78 is 30.5. The number of hydrogen-bond acceptors (Lipinski definition) is 4. The summed E-state index contributed by atoms with van der Waals surface area (Å²) in [7, 11) is -3.94. The summed E-state index contributed by atoms with van der Waals surface area (Å²) in [5.41, 5.74) is 0. The van der Waals surface area contributed by atoms with Crippen LogP contribution in [-0.4, -0.2) is 84.8 Å². The second-order valence-electron chi connectivity index (χ2n) is 6.76. The van der Waals surface area contributed by atoms with Crippen LogP contribution in [-0.2, 0) is 10.1 Å². The minimum atomic E-state index is -3.94. The lowest BCUT2D eigenvalue weighted by Gasteiger charge is -2.41. The Bertz CT molecular complexity index is 514. The SMILES string of the molecule is O=C(N1CCCN(C2CCC2)CC1)N1CC(CS(=O)(=O)O)C1. The van der Waals surface area contributed by atoms with Crippen molar-refractivity contribution in [2.45, 2.75) is 31.7 Å². The van der Waals surface area contributed by atoms with E-state index in [9.17, 15) is 13.2 Å². The third kappa shape index (κ3) is 3.72. The second-order valence-corrected chi connectivity index (χ2v) is 8.26. The van der Waals surface area contributed by atoms with E-state index >= 15 is 0 Å². The lowest BCUT2D eigenvalue weighted by molar-refractivity contribution is 0.0950. The quantitative estimate of drug-likeness (QED) is 0.761. The molecule has 2 amide bonds. The molecule has 1 aliphatic carbocycles. The van der Waals surface area contributed by atoms with Crippen molar-refractivity contribution in [3.63, 3.8) is 0 Å². The molecule has 0 unspecified atom stereocenters. The van der Waals surface area contributed by atoms with E-state index in [0.717, 1.165) is 38.6 Å². The smallest absolute Gasteiger partial charge is 0.320 e. The second kappa shape index (κ2) is 6.33. The summed E-state index contributed by atoms with van der Waals surface area (Å²) >= 11 is 0. The zero-order valence-electron chi connectivity index (χ0n) is 12.9. The molecule has 2 saturated heterocycles. The van der Waals surface area contributed by atoms with Crippen LogP contribution in [0.4, 0.5) is 4.79 Å². The van der Waals surface area contributed by atoms with Gasteiger partial charge in [-0.15, -0.1) is 0 Å². The van der Waals surface area contributed by atoms with Gasteiger partial charge < -0.3 is 9.80 Å². The number of carbonyl (C=O) groups excluding carboxylic acids is 1. The summed E-state index contributed by atoms with van der Waals surface area (Å²) in [5, 5.41) is 0. The van der Waals surface area contributed by atoms with Gasteiger partial charge in [0.1, 0.15) is 0 Å². The molecule has 0 aromatic heterocycles. The predicted molar refractivity (Wildman–Crippen MR) is 82.3 cm³/mol. The van der Waals surface area contributed by atoms with Crippen molar-refractivity contribution in [2.75, 3.05) is 45.0 Å². The Morgan fingerprint density at radius 1 is 1.00 bits per heavy atom. The van der Waals surface area contributed by atoms with Crippen LogP contribution in [0.2, 0.25) is 0 Å². The molecular weight excluding hydrogens is 306 g/mol. The summed E-state index contributed by atoms with van der Waals surface area (Å²) in [6.07, 6.45) is 4.91. The van der Waals surface area contributed by atoms with Crippen LogP contribution in [0.5, 0.6) is 0 Å². The van der Waals surface area contributed by atoms with E-state index in [1.165, 1.54) is 19.3 Å². The maximum Gasteiger partial charge on any atom is 0.320 e. The van der Waals surface area contributed by atoms with Gasteiger partial charge in [-0.1, -0.05) is 6.42 Å². The van der Waals surface area contributed by atoms with Crippen molar-refractivity contribution in [3.8, 4) is 0 Å². The van der Waals surface area contributed by atoms with Crippen LogP contribution in [0.25, 0.3) is 0 Å². The molecule has 0 bridgehead atoms. The average Bonchev–Trinajstić information content (AvgIpc) is 2.55. The van der Waals surface area contributed by atoms with Gasteiger partial charge in [-0.3, -0.25) is 9.45 Å². The van der Waals surface area contributed by atoms with Gasteiger partial charge in [-0.2, -0.15) is 8.42 Å². The van der Waals surface area contributed by atoms with E-state index in [4.69, 9.17) is 4.55 Å². The van der Waals surface area contributed by atoms with Gasteiger partial charge in [-0.25, -0.2) is 4.79 Å². The highest BCUT2D eigenvalue weighted by atomic mass is 32.2. The van der Waals surface area contributed by atoms with E-state index in [1.54, 1.807) is 4.90 Å². The molecule has 0 aromatic rings. The molecule has 2 aliphatic heterocycles. The van der Waals surface area contributed by atoms with Crippen molar-refractivity contribution in [1.82, 2.24) is 14.7 Å². The van der Waals surface area contributed by atoms with Crippen LogP contribution in [0.15, 0.2) is 0 Å². The topological polar surface area (TPSA) is 81.2 Å². The minimum absolute atomic E-state index is 0.0158. The molecule has 3 fully saturated rings. The fourth-order valence-electron chi connectivity index (χ4n) is 3.58. The Hall–Kier alpha value is -0.860. The molecule has 0 atom stereocenters. The van der Waals surface area contributed by atoms with Gasteiger partial charge in [0, 0.05) is 51.2 Å². The zero-order chi connectivity index (χ0) is 15.7. The third-order valence-electron chi connectivity index (χ3n) is 5.07. The zero-order valence-corrected chi connectivity index (χ0v) is 13.7.